The molecule has 0 saturated heterocycles. The van der Waals surface area contributed by atoms with Gasteiger partial charge in [0.15, 0.2) is 0 Å². The van der Waals surface area contributed by atoms with E-state index in [9.17, 15) is 13.2 Å². The topological polar surface area (TPSA) is 84.5 Å². The quantitative estimate of drug-likeness (QED) is 0.794. The second-order valence-electron chi connectivity index (χ2n) is 4.71. The number of methoxy groups -OCH3 is 1. The summed E-state index contributed by atoms with van der Waals surface area (Å²) in [5.74, 6) is -0.311. The van der Waals surface area contributed by atoms with Crippen LogP contribution in [0.4, 0.5) is 11.4 Å². The molecule has 0 aromatic heterocycles. The highest BCUT2D eigenvalue weighted by Crippen LogP contribution is 2.30. The Morgan fingerprint density at radius 2 is 1.58 bits per heavy atom. The smallest absolute Gasteiger partial charge is 0.264 e. The average Bonchev–Trinajstić information content (AvgIpc) is 2.48. The summed E-state index contributed by atoms with van der Waals surface area (Å²) in [6.45, 7) is -0.0701. The maximum absolute atomic E-state index is 12.4. The minimum atomic E-state index is -3.94. The van der Waals surface area contributed by atoms with Gasteiger partial charge in [0.1, 0.15) is 11.5 Å². The molecule has 2 rings (SSSR count). The van der Waals surface area contributed by atoms with Crippen LogP contribution in [0.15, 0.2) is 47.4 Å². The van der Waals surface area contributed by atoms with Gasteiger partial charge >= 0.3 is 0 Å². The first-order chi connectivity index (χ1) is 11.3. The van der Waals surface area contributed by atoms with E-state index in [1.807, 2.05) is 0 Å². The third-order valence-electron chi connectivity index (χ3n) is 2.88. The summed E-state index contributed by atoms with van der Waals surface area (Å²) < 4.78 is 31.9. The lowest BCUT2D eigenvalue weighted by molar-refractivity contribution is -0.119. The van der Waals surface area contributed by atoms with Crippen LogP contribution in [0.2, 0.25) is 10.0 Å². The number of nitrogens with one attached hydrogen (secondary N) is 2. The van der Waals surface area contributed by atoms with E-state index in [1.165, 1.54) is 31.4 Å². The number of hydrogen-bond donors (Lipinski definition) is 2. The lowest BCUT2D eigenvalue weighted by atomic mass is 10.3. The second kappa shape index (κ2) is 7.85. The van der Waals surface area contributed by atoms with Gasteiger partial charge in [-0.2, -0.15) is 0 Å². The molecule has 0 spiro atoms. The molecule has 9 heteroatoms. The van der Waals surface area contributed by atoms with Gasteiger partial charge in [0.05, 0.1) is 10.0 Å². The Morgan fingerprint density at radius 3 is 2.12 bits per heavy atom. The normalized spacial score (nSPS) is 11.1. The molecule has 0 radical (unpaired) electrons. The number of halogens is 2. The number of ether oxygens (including phenoxy) is 1. The minimum Gasteiger partial charge on any atom is -0.375 e. The van der Waals surface area contributed by atoms with Gasteiger partial charge < -0.3 is 10.1 Å². The zero-order valence-corrected chi connectivity index (χ0v) is 14.9. The molecule has 0 aliphatic carbocycles. The van der Waals surface area contributed by atoms with E-state index in [4.69, 9.17) is 27.9 Å². The fraction of sp³-hybridized carbons (Fsp3) is 0.133. The zero-order valence-electron chi connectivity index (χ0n) is 12.5. The van der Waals surface area contributed by atoms with Gasteiger partial charge in [-0.1, -0.05) is 29.3 Å². The fourth-order valence-electron chi connectivity index (χ4n) is 1.90. The molecular weight excluding hydrogens is 375 g/mol. The Labute approximate surface area is 149 Å². The van der Waals surface area contributed by atoms with E-state index < -0.39 is 10.0 Å². The third kappa shape index (κ3) is 4.61. The lowest BCUT2D eigenvalue weighted by Gasteiger charge is -2.11. The summed E-state index contributed by atoms with van der Waals surface area (Å²) in [6, 6.07) is 10.6. The van der Waals surface area contributed by atoms with Crippen molar-refractivity contribution in [1.29, 1.82) is 0 Å². The first-order valence-electron chi connectivity index (χ1n) is 6.69. The van der Waals surface area contributed by atoms with Crippen LogP contribution < -0.4 is 10.0 Å². The molecule has 0 atom stereocenters. The molecule has 0 aliphatic rings. The molecule has 2 aromatic rings. The summed E-state index contributed by atoms with van der Waals surface area (Å²) in [4.78, 5) is 11.2. The van der Waals surface area contributed by atoms with Gasteiger partial charge in [-0.15, -0.1) is 0 Å². The van der Waals surface area contributed by atoms with Crippen molar-refractivity contribution in [1.82, 2.24) is 0 Å². The number of hydrogen-bond acceptors (Lipinski definition) is 4. The van der Waals surface area contributed by atoms with Gasteiger partial charge in [0, 0.05) is 18.5 Å². The Kier molecular flexibility index (Phi) is 6.06. The van der Waals surface area contributed by atoms with Crippen LogP contribution in [0.1, 0.15) is 0 Å². The lowest BCUT2D eigenvalue weighted by Crippen LogP contribution is -2.17. The van der Waals surface area contributed by atoms with E-state index in [1.54, 1.807) is 18.2 Å². The van der Waals surface area contributed by atoms with Crippen molar-refractivity contribution in [3.63, 3.8) is 0 Å². The highest BCUT2D eigenvalue weighted by molar-refractivity contribution is 7.93. The molecule has 0 saturated carbocycles. The number of benzene rings is 2. The molecule has 0 fully saturated rings. The van der Waals surface area contributed by atoms with E-state index >= 15 is 0 Å². The van der Waals surface area contributed by atoms with Crippen LogP contribution in [-0.4, -0.2) is 28.0 Å². The molecule has 2 aromatic carbocycles. The monoisotopic (exact) mass is 388 g/mol. The van der Waals surface area contributed by atoms with Crippen LogP contribution in [-0.2, 0) is 19.6 Å². The van der Waals surface area contributed by atoms with E-state index in [0.29, 0.717) is 11.4 Å². The largest absolute Gasteiger partial charge is 0.375 e. The van der Waals surface area contributed by atoms with Gasteiger partial charge in [-0.05, 0) is 36.4 Å². The molecule has 1 amide bonds. The maximum atomic E-state index is 12.4. The van der Waals surface area contributed by atoms with Crippen molar-refractivity contribution in [2.75, 3.05) is 23.8 Å². The number of amides is 1. The van der Waals surface area contributed by atoms with Crippen molar-refractivity contribution in [3.8, 4) is 0 Å². The molecule has 0 bridgehead atoms. The van der Waals surface area contributed by atoms with Crippen LogP contribution in [0.25, 0.3) is 0 Å². The number of carbonyl (C=O) groups excluding carboxylic acids is 1. The third-order valence-corrected chi connectivity index (χ3v) is 5.22. The highest BCUT2D eigenvalue weighted by Gasteiger charge is 2.21. The molecule has 6 nitrogen and oxygen atoms in total. The predicted molar refractivity (Wildman–Crippen MR) is 94.2 cm³/mol. The van der Waals surface area contributed by atoms with Gasteiger partial charge in [0.2, 0.25) is 5.91 Å². The first kappa shape index (κ1) is 18.5. The van der Waals surface area contributed by atoms with Crippen LogP contribution in [0.5, 0.6) is 0 Å². The van der Waals surface area contributed by atoms with Gasteiger partial charge in [-0.3, -0.25) is 9.52 Å². The summed E-state index contributed by atoms with van der Waals surface area (Å²) in [5, 5.41) is 2.65. The van der Waals surface area contributed by atoms with E-state index in [-0.39, 0.29) is 27.5 Å². The Morgan fingerprint density at radius 1 is 1.04 bits per heavy atom. The molecule has 128 valence electrons. The van der Waals surface area contributed by atoms with E-state index in [0.717, 1.165) is 0 Å². The number of carbonyl (C=O) groups is 1. The average molecular weight is 389 g/mol. The van der Waals surface area contributed by atoms with Gasteiger partial charge in [-0.25, -0.2) is 8.42 Å². The van der Waals surface area contributed by atoms with Crippen LogP contribution >= 0.6 is 23.2 Å². The van der Waals surface area contributed by atoms with Crippen LogP contribution in [0, 0.1) is 0 Å². The molecule has 0 unspecified atom stereocenters. The van der Waals surface area contributed by atoms with Crippen molar-refractivity contribution in [2.24, 2.45) is 0 Å². The molecule has 2 N–H and O–H groups in total. The molecular formula is C15H14Cl2N2O4S. The predicted octanol–water partition coefficient (Wildman–Crippen LogP) is 3.38. The van der Waals surface area contributed by atoms with Crippen molar-refractivity contribution < 1.29 is 17.9 Å². The summed E-state index contributed by atoms with van der Waals surface area (Å²) in [5.41, 5.74) is 0.812. The zero-order chi connectivity index (χ0) is 17.7. The summed E-state index contributed by atoms with van der Waals surface area (Å²) in [6.07, 6.45) is 0. The summed E-state index contributed by atoms with van der Waals surface area (Å²) in [7, 11) is -2.53. The van der Waals surface area contributed by atoms with Crippen molar-refractivity contribution in [3.05, 3.63) is 52.5 Å². The van der Waals surface area contributed by atoms with Crippen LogP contribution in [0.3, 0.4) is 0 Å². The SMILES string of the molecule is COCC(=O)Nc1ccc(NS(=O)(=O)c2c(Cl)cccc2Cl)cc1. The van der Waals surface area contributed by atoms with Crippen molar-refractivity contribution in [2.45, 2.75) is 4.90 Å². The molecule has 24 heavy (non-hydrogen) atoms. The molecule has 0 aliphatic heterocycles. The fourth-order valence-corrected chi connectivity index (χ4v) is 4.10. The maximum Gasteiger partial charge on any atom is 0.264 e. The Hall–Kier alpha value is -1.80. The Bertz CT molecular complexity index is 819. The number of anilines is 2. The second-order valence-corrected chi connectivity index (χ2v) is 7.15. The number of sulfonamides is 1. The summed E-state index contributed by atoms with van der Waals surface area (Å²) >= 11 is 11.9. The van der Waals surface area contributed by atoms with Gasteiger partial charge in [0.25, 0.3) is 10.0 Å². The van der Waals surface area contributed by atoms with Crippen molar-refractivity contribution >= 4 is 50.5 Å². The molecule has 0 heterocycles. The standard InChI is InChI=1S/C15H14Cl2N2O4S/c1-23-9-14(20)18-10-5-7-11(8-6-10)19-24(21,22)15-12(16)3-2-4-13(15)17/h2-8,19H,9H2,1H3,(H,18,20). The number of rotatable bonds is 6. The van der Waals surface area contributed by atoms with E-state index in [2.05, 4.69) is 10.0 Å². The Balaban J connectivity index is 2.17. The first-order valence-corrected chi connectivity index (χ1v) is 8.93. The minimum absolute atomic E-state index is 0.0263. The highest BCUT2D eigenvalue weighted by atomic mass is 35.5.